The average molecular weight is 341 g/mol. The molecule has 1 saturated carbocycles. The first-order valence-corrected chi connectivity index (χ1v) is 9.10. The van der Waals surface area contributed by atoms with E-state index in [1.54, 1.807) is 12.1 Å². The van der Waals surface area contributed by atoms with E-state index in [-0.39, 0.29) is 11.4 Å². The van der Waals surface area contributed by atoms with Gasteiger partial charge in [-0.15, -0.1) is 0 Å². The lowest BCUT2D eigenvalue weighted by molar-refractivity contribution is -0.0440. The van der Waals surface area contributed by atoms with Crippen molar-refractivity contribution in [3.05, 3.63) is 71.5 Å². The van der Waals surface area contributed by atoms with Gasteiger partial charge in [0.25, 0.3) is 0 Å². The van der Waals surface area contributed by atoms with E-state index in [0.717, 1.165) is 19.3 Å². The Morgan fingerprint density at radius 2 is 1.48 bits per heavy atom. The van der Waals surface area contributed by atoms with Crippen LogP contribution in [0, 0.1) is 5.82 Å². The van der Waals surface area contributed by atoms with Crippen molar-refractivity contribution in [3.8, 4) is 0 Å². The molecule has 1 aliphatic carbocycles. The van der Waals surface area contributed by atoms with Gasteiger partial charge in [0.15, 0.2) is 0 Å². The summed E-state index contributed by atoms with van der Waals surface area (Å²) in [6.45, 7) is 0. The van der Waals surface area contributed by atoms with Crippen LogP contribution in [0.4, 0.5) is 4.39 Å². The zero-order valence-corrected chi connectivity index (χ0v) is 15.2. The molecular weight excluding hydrogens is 313 g/mol. The van der Waals surface area contributed by atoms with Crippen LogP contribution in [0.5, 0.6) is 0 Å². The van der Waals surface area contributed by atoms with E-state index in [1.165, 1.54) is 11.6 Å². The molecule has 1 fully saturated rings. The second-order valence-corrected chi connectivity index (χ2v) is 7.77. The summed E-state index contributed by atoms with van der Waals surface area (Å²) in [6.07, 6.45) is 4.61. The van der Waals surface area contributed by atoms with Crippen LogP contribution in [0.3, 0.4) is 0 Å². The van der Waals surface area contributed by atoms with Crippen LogP contribution < -0.4 is 0 Å². The first-order valence-electron chi connectivity index (χ1n) is 9.10. The lowest BCUT2D eigenvalue weighted by Gasteiger charge is -2.48. The molecule has 0 atom stereocenters. The van der Waals surface area contributed by atoms with Crippen LogP contribution in [0.15, 0.2) is 54.6 Å². The van der Waals surface area contributed by atoms with Gasteiger partial charge in [0.1, 0.15) is 5.82 Å². The smallest absolute Gasteiger partial charge is 0.126 e. The lowest BCUT2D eigenvalue weighted by atomic mass is 9.69. The number of rotatable bonds is 5. The number of hydrogen-bond acceptors (Lipinski definition) is 2. The van der Waals surface area contributed by atoms with Gasteiger partial charge in [-0.25, -0.2) is 4.39 Å². The standard InChI is InChI=1S/C22H28FNO/c1-24(2)21(16-18-8-4-3-5-9-18)12-14-22(25,15-13-21)17-19-10-6-7-11-20(19)23/h3-11,25H,12-17H2,1-2H3. The van der Waals surface area contributed by atoms with Crippen molar-refractivity contribution >= 4 is 0 Å². The zero-order valence-electron chi connectivity index (χ0n) is 15.2. The normalized spacial score (nSPS) is 26.8. The summed E-state index contributed by atoms with van der Waals surface area (Å²) < 4.78 is 14.0. The minimum atomic E-state index is -0.807. The summed E-state index contributed by atoms with van der Waals surface area (Å²) >= 11 is 0. The molecule has 134 valence electrons. The predicted octanol–water partition coefficient (Wildman–Crippen LogP) is 4.22. The van der Waals surface area contributed by atoms with E-state index >= 15 is 0 Å². The van der Waals surface area contributed by atoms with Crippen LogP contribution in [0.1, 0.15) is 36.8 Å². The highest BCUT2D eigenvalue weighted by molar-refractivity contribution is 5.22. The molecule has 0 aliphatic heterocycles. The molecule has 0 heterocycles. The molecule has 0 saturated heterocycles. The number of halogens is 1. The molecule has 3 heteroatoms. The molecule has 0 aromatic heterocycles. The SMILES string of the molecule is CN(C)C1(Cc2ccccc2)CCC(O)(Cc2ccccc2F)CC1. The van der Waals surface area contributed by atoms with Gasteiger partial charge in [-0.3, -0.25) is 0 Å². The van der Waals surface area contributed by atoms with E-state index in [1.807, 2.05) is 12.1 Å². The summed E-state index contributed by atoms with van der Waals surface area (Å²) in [7, 11) is 4.26. The van der Waals surface area contributed by atoms with Crippen molar-refractivity contribution < 1.29 is 9.50 Å². The van der Waals surface area contributed by atoms with Crippen LogP contribution >= 0.6 is 0 Å². The van der Waals surface area contributed by atoms with E-state index in [9.17, 15) is 9.50 Å². The third-order valence-corrected chi connectivity index (χ3v) is 5.91. The monoisotopic (exact) mass is 341 g/mol. The maximum Gasteiger partial charge on any atom is 0.126 e. The Balaban J connectivity index is 1.72. The van der Waals surface area contributed by atoms with Crippen LogP contribution in [-0.4, -0.2) is 35.2 Å². The van der Waals surface area contributed by atoms with Crippen molar-refractivity contribution in [2.75, 3.05) is 14.1 Å². The van der Waals surface area contributed by atoms with Crippen molar-refractivity contribution in [1.29, 1.82) is 0 Å². The van der Waals surface area contributed by atoms with E-state index < -0.39 is 5.60 Å². The third kappa shape index (κ3) is 4.10. The van der Waals surface area contributed by atoms with Crippen molar-refractivity contribution in [1.82, 2.24) is 4.90 Å². The largest absolute Gasteiger partial charge is 0.390 e. The Morgan fingerprint density at radius 3 is 2.08 bits per heavy atom. The average Bonchev–Trinajstić information content (AvgIpc) is 2.60. The summed E-state index contributed by atoms with van der Waals surface area (Å²) in [4.78, 5) is 2.31. The number of aliphatic hydroxyl groups is 1. The van der Waals surface area contributed by atoms with Crippen molar-refractivity contribution in [2.45, 2.75) is 49.7 Å². The number of nitrogens with zero attached hydrogens (tertiary/aromatic N) is 1. The molecule has 1 N–H and O–H groups in total. The number of benzene rings is 2. The molecule has 0 amide bonds. The van der Waals surface area contributed by atoms with Gasteiger partial charge < -0.3 is 10.0 Å². The zero-order chi connectivity index (χ0) is 17.9. The predicted molar refractivity (Wildman–Crippen MR) is 100 cm³/mol. The lowest BCUT2D eigenvalue weighted by Crippen LogP contribution is -2.53. The van der Waals surface area contributed by atoms with E-state index in [2.05, 4.69) is 43.3 Å². The number of hydrogen-bond donors (Lipinski definition) is 1. The first-order chi connectivity index (χ1) is 11.9. The van der Waals surface area contributed by atoms with Crippen molar-refractivity contribution in [2.24, 2.45) is 0 Å². The minimum absolute atomic E-state index is 0.0583. The Hall–Kier alpha value is -1.71. The molecule has 25 heavy (non-hydrogen) atoms. The fraction of sp³-hybridized carbons (Fsp3) is 0.455. The molecule has 2 aromatic rings. The maximum absolute atomic E-state index is 14.0. The molecule has 0 bridgehead atoms. The summed E-state index contributed by atoms with van der Waals surface area (Å²) in [5.41, 5.74) is 1.20. The molecule has 1 aliphatic rings. The van der Waals surface area contributed by atoms with E-state index in [4.69, 9.17) is 0 Å². The Morgan fingerprint density at radius 1 is 0.880 bits per heavy atom. The molecule has 3 rings (SSSR count). The van der Waals surface area contributed by atoms with Crippen LogP contribution in [0.2, 0.25) is 0 Å². The first kappa shape index (κ1) is 18.1. The van der Waals surface area contributed by atoms with Crippen LogP contribution in [-0.2, 0) is 12.8 Å². The number of likely N-dealkylation sites (N-methyl/N-ethyl adjacent to an activating group) is 1. The van der Waals surface area contributed by atoms with Gasteiger partial charge in [-0.2, -0.15) is 0 Å². The van der Waals surface area contributed by atoms with Gasteiger partial charge in [-0.05, 0) is 63.4 Å². The summed E-state index contributed by atoms with van der Waals surface area (Å²) in [5, 5.41) is 11.0. The molecular formula is C22H28FNO. The van der Waals surface area contributed by atoms with Gasteiger partial charge in [0.2, 0.25) is 0 Å². The summed E-state index contributed by atoms with van der Waals surface area (Å²) in [5.74, 6) is -0.218. The fourth-order valence-electron chi connectivity index (χ4n) is 4.11. The Bertz CT molecular complexity index is 690. The van der Waals surface area contributed by atoms with Crippen molar-refractivity contribution in [3.63, 3.8) is 0 Å². The van der Waals surface area contributed by atoms with E-state index in [0.29, 0.717) is 24.8 Å². The van der Waals surface area contributed by atoms with Crippen LogP contribution in [0.25, 0.3) is 0 Å². The minimum Gasteiger partial charge on any atom is -0.390 e. The second-order valence-electron chi connectivity index (χ2n) is 7.77. The topological polar surface area (TPSA) is 23.5 Å². The second kappa shape index (κ2) is 7.27. The molecule has 2 aromatic carbocycles. The molecule has 0 radical (unpaired) electrons. The molecule has 0 unspecified atom stereocenters. The van der Waals surface area contributed by atoms with Gasteiger partial charge in [0.05, 0.1) is 5.60 Å². The molecule has 2 nitrogen and oxygen atoms in total. The quantitative estimate of drug-likeness (QED) is 0.880. The highest BCUT2D eigenvalue weighted by Gasteiger charge is 2.43. The van der Waals surface area contributed by atoms with Gasteiger partial charge >= 0.3 is 0 Å². The highest BCUT2D eigenvalue weighted by Crippen LogP contribution is 2.41. The molecule has 0 spiro atoms. The third-order valence-electron chi connectivity index (χ3n) is 5.91. The maximum atomic E-state index is 14.0. The summed E-state index contributed by atoms with van der Waals surface area (Å²) in [6, 6.07) is 17.3. The highest BCUT2D eigenvalue weighted by atomic mass is 19.1. The Kier molecular flexibility index (Phi) is 5.26. The Labute approximate surface area is 150 Å². The fourth-order valence-corrected chi connectivity index (χ4v) is 4.11. The van der Waals surface area contributed by atoms with Gasteiger partial charge in [-0.1, -0.05) is 48.5 Å². The van der Waals surface area contributed by atoms with Gasteiger partial charge in [0, 0.05) is 12.0 Å².